The Kier molecular flexibility index (Phi) is 3.45. The zero-order valence-corrected chi connectivity index (χ0v) is 20.4. The number of halogens is 2. The molecular formula is C22H8Br2S4. The lowest BCUT2D eigenvalue weighted by Gasteiger charge is -2.00. The molecule has 7 aromatic rings. The first-order chi connectivity index (χ1) is 13.7. The quantitative estimate of drug-likeness (QED) is 0.173. The predicted molar refractivity (Wildman–Crippen MR) is 138 cm³/mol. The molecule has 4 aromatic heterocycles. The SMILES string of the molecule is Brc1cc2c(ccc3sc4ccc5sc6ccc7sc(Br)cc7c6c5c4c32)s1. The van der Waals surface area contributed by atoms with Gasteiger partial charge in [-0.15, -0.1) is 45.3 Å². The molecule has 0 aliphatic rings. The van der Waals surface area contributed by atoms with Crippen LogP contribution in [-0.4, -0.2) is 0 Å². The van der Waals surface area contributed by atoms with Crippen LogP contribution in [0.3, 0.4) is 0 Å². The maximum Gasteiger partial charge on any atom is 0.0711 e. The Bertz CT molecular complexity index is 1610. The first-order valence-electron chi connectivity index (χ1n) is 8.65. The number of benzene rings is 3. The fourth-order valence-corrected chi connectivity index (χ4v) is 9.63. The molecule has 0 aliphatic heterocycles. The minimum atomic E-state index is 1.20. The molecule has 0 radical (unpaired) electrons. The van der Waals surface area contributed by atoms with Crippen molar-refractivity contribution in [3.05, 3.63) is 56.1 Å². The first-order valence-corrected chi connectivity index (χ1v) is 13.5. The minimum absolute atomic E-state index is 1.20. The summed E-state index contributed by atoms with van der Waals surface area (Å²) in [6.07, 6.45) is 0. The number of hydrogen-bond acceptors (Lipinski definition) is 4. The largest absolute Gasteiger partial charge is 0.135 e. The molecule has 28 heavy (non-hydrogen) atoms. The van der Waals surface area contributed by atoms with Crippen LogP contribution in [0.25, 0.3) is 60.5 Å². The van der Waals surface area contributed by atoms with Gasteiger partial charge >= 0.3 is 0 Å². The number of fused-ring (bicyclic) bond motifs is 11. The number of hydrogen-bond donors (Lipinski definition) is 0. The van der Waals surface area contributed by atoms with Crippen LogP contribution >= 0.6 is 77.2 Å². The highest BCUT2D eigenvalue weighted by Gasteiger charge is 2.18. The average molecular weight is 560 g/mol. The number of thiophene rings is 4. The molecule has 0 aliphatic carbocycles. The van der Waals surface area contributed by atoms with Gasteiger partial charge in [0.25, 0.3) is 0 Å². The Hall–Kier alpha value is -1.02. The first kappa shape index (κ1) is 16.7. The standard InChI is InChI=1S/C22H8Br2S4/c23-17-7-9-11(27-17)1-3-13-19(9)21-15(25-13)5-6-16-22(21)20-10-8-18(24)28-12(10)2-4-14(20)26-16/h1-8H. The second-order valence-electron chi connectivity index (χ2n) is 6.82. The molecule has 3 aromatic carbocycles. The third-order valence-corrected chi connectivity index (χ3v) is 10.8. The normalized spacial score (nSPS) is 12.6. The van der Waals surface area contributed by atoms with E-state index in [-0.39, 0.29) is 0 Å². The second kappa shape index (κ2) is 5.78. The lowest BCUT2D eigenvalue weighted by Crippen LogP contribution is -1.73. The Labute approximate surface area is 192 Å². The van der Waals surface area contributed by atoms with E-state index in [0.29, 0.717) is 0 Å². The molecule has 0 amide bonds. The maximum atomic E-state index is 3.70. The molecule has 0 fully saturated rings. The Morgan fingerprint density at radius 3 is 1.21 bits per heavy atom. The summed E-state index contributed by atoms with van der Waals surface area (Å²) in [4.78, 5) is 0. The maximum absolute atomic E-state index is 3.70. The van der Waals surface area contributed by atoms with Gasteiger partial charge in [0.2, 0.25) is 0 Å². The van der Waals surface area contributed by atoms with Gasteiger partial charge in [0, 0.05) is 60.5 Å². The van der Waals surface area contributed by atoms with Gasteiger partial charge in [0.1, 0.15) is 0 Å². The van der Waals surface area contributed by atoms with Gasteiger partial charge in [-0.2, -0.15) is 0 Å². The van der Waals surface area contributed by atoms with Gasteiger partial charge in [-0.05, 0) is 80.4 Å². The summed E-state index contributed by atoms with van der Waals surface area (Å²) in [5, 5.41) is 8.41. The Balaban J connectivity index is 1.86. The Morgan fingerprint density at radius 1 is 0.429 bits per heavy atom. The van der Waals surface area contributed by atoms with Gasteiger partial charge in [0.15, 0.2) is 0 Å². The summed E-state index contributed by atoms with van der Waals surface area (Å²) < 4.78 is 10.6. The van der Waals surface area contributed by atoms with Crippen LogP contribution in [0.15, 0.2) is 56.1 Å². The van der Waals surface area contributed by atoms with E-state index in [2.05, 4.69) is 80.4 Å². The molecule has 0 bridgehead atoms. The van der Waals surface area contributed by atoms with E-state index in [9.17, 15) is 0 Å². The fraction of sp³-hybridized carbons (Fsp3) is 0. The van der Waals surface area contributed by atoms with Crippen molar-refractivity contribution in [2.24, 2.45) is 0 Å². The molecule has 4 heterocycles. The highest BCUT2D eigenvalue weighted by Crippen LogP contribution is 2.50. The summed E-state index contributed by atoms with van der Waals surface area (Å²) in [7, 11) is 0. The molecular weight excluding hydrogens is 552 g/mol. The summed E-state index contributed by atoms with van der Waals surface area (Å²) >= 11 is 14.9. The van der Waals surface area contributed by atoms with E-state index in [0.717, 1.165) is 0 Å². The molecule has 6 heteroatoms. The highest BCUT2D eigenvalue weighted by molar-refractivity contribution is 9.11. The summed E-state index contributed by atoms with van der Waals surface area (Å²) in [6.45, 7) is 0. The molecule has 0 atom stereocenters. The van der Waals surface area contributed by atoms with Gasteiger partial charge in [-0.25, -0.2) is 0 Å². The van der Waals surface area contributed by atoms with Crippen molar-refractivity contribution in [3.8, 4) is 0 Å². The van der Waals surface area contributed by atoms with Crippen LogP contribution < -0.4 is 0 Å². The lowest BCUT2D eigenvalue weighted by atomic mass is 10.0. The van der Waals surface area contributed by atoms with Crippen molar-refractivity contribution in [2.75, 3.05) is 0 Å². The van der Waals surface area contributed by atoms with Gasteiger partial charge < -0.3 is 0 Å². The minimum Gasteiger partial charge on any atom is -0.135 e. The third-order valence-electron chi connectivity index (χ3n) is 5.33. The van der Waals surface area contributed by atoms with E-state index in [1.807, 2.05) is 45.3 Å². The zero-order valence-electron chi connectivity index (χ0n) is 14.0. The molecule has 134 valence electrons. The second-order valence-corrected chi connectivity index (χ2v) is 13.9. The van der Waals surface area contributed by atoms with Gasteiger partial charge in [0.05, 0.1) is 7.57 Å². The van der Waals surface area contributed by atoms with E-state index in [1.165, 1.54) is 68.1 Å². The highest BCUT2D eigenvalue weighted by atomic mass is 79.9. The van der Waals surface area contributed by atoms with Crippen LogP contribution in [0.4, 0.5) is 0 Å². The van der Waals surface area contributed by atoms with Crippen LogP contribution in [-0.2, 0) is 0 Å². The zero-order chi connectivity index (χ0) is 18.6. The van der Waals surface area contributed by atoms with Crippen LogP contribution in [0.1, 0.15) is 0 Å². The van der Waals surface area contributed by atoms with Crippen molar-refractivity contribution < 1.29 is 0 Å². The molecule has 0 saturated carbocycles. The van der Waals surface area contributed by atoms with Crippen LogP contribution in [0.5, 0.6) is 0 Å². The fourth-order valence-electron chi connectivity index (χ4n) is 4.28. The third kappa shape index (κ3) is 2.14. The number of rotatable bonds is 0. The average Bonchev–Trinajstić information content (AvgIpc) is 3.39. The lowest BCUT2D eigenvalue weighted by molar-refractivity contribution is 2.02. The summed E-state index contributed by atoms with van der Waals surface area (Å²) in [6, 6.07) is 18.3. The smallest absolute Gasteiger partial charge is 0.0711 e. The topological polar surface area (TPSA) is 0 Å². The van der Waals surface area contributed by atoms with Gasteiger partial charge in [-0.1, -0.05) is 0 Å². The van der Waals surface area contributed by atoms with E-state index >= 15 is 0 Å². The molecule has 7 rings (SSSR count). The monoisotopic (exact) mass is 558 g/mol. The molecule has 0 N–H and O–H groups in total. The van der Waals surface area contributed by atoms with Crippen molar-refractivity contribution in [3.63, 3.8) is 0 Å². The molecule has 0 nitrogen and oxygen atoms in total. The van der Waals surface area contributed by atoms with Crippen molar-refractivity contribution in [2.45, 2.75) is 0 Å². The summed E-state index contributed by atoms with van der Waals surface area (Å²) in [5.41, 5.74) is 0. The predicted octanol–water partition coefficient (Wildman–Crippen LogP) is 10.4. The molecule has 0 saturated heterocycles. The van der Waals surface area contributed by atoms with Crippen LogP contribution in [0, 0.1) is 0 Å². The van der Waals surface area contributed by atoms with E-state index in [1.54, 1.807) is 0 Å². The van der Waals surface area contributed by atoms with Gasteiger partial charge in [-0.3, -0.25) is 0 Å². The Morgan fingerprint density at radius 2 is 0.786 bits per heavy atom. The van der Waals surface area contributed by atoms with E-state index < -0.39 is 0 Å². The molecule has 0 spiro atoms. The summed E-state index contributed by atoms with van der Waals surface area (Å²) in [5.74, 6) is 0. The van der Waals surface area contributed by atoms with Crippen LogP contribution in [0.2, 0.25) is 0 Å². The van der Waals surface area contributed by atoms with Crippen molar-refractivity contribution in [1.29, 1.82) is 0 Å². The van der Waals surface area contributed by atoms with Crippen molar-refractivity contribution in [1.82, 2.24) is 0 Å². The van der Waals surface area contributed by atoms with Crippen molar-refractivity contribution >= 4 is 138 Å². The van der Waals surface area contributed by atoms with E-state index in [4.69, 9.17) is 0 Å². The molecule has 0 unspecified atom stereocenters.